The molecule has 0 radical (unpaired) electrons. The molecule has 2 aromatic rings. The zero-order valence-corrected chi connectivity index (χ0v) is 18.3. The van der Waals surface area contributed by atoms with Gasteiger partial charge in [0, 0.05) is 12.1 Å². The summed E-state index contributed by atoms with van der Waals surface area (Å²) < 4.78 is 44.9. The minimum absolute atomic E-state index is 0.195. The first-order chi connectivity index (χ1) is 13.2. The maximum Gasteiger partial charge on any atom is 0.262 e. The van der Waals surface area contributed by atoms with Crippen molar-refractivity contribution in [2.24, 2.45) is 5.92 Å². The van der Waals surface area contributed by atoms with Crippen molar-refractivity contribution in [1.29, 1.82) is 0 Å². The molecule has 1 N–H and O–H groups in total. The Balaban J connectivity index is 2.50. The standard InChI is InChI=1S/C20H26ClNO5S/c1-6-27-15-7-8-20(14(10-15)9-13(2)3)28(23,24)22-17-12-18(25-4)16(21)11-19(17)26-5/h7-8,10-13,22H,6,9H2,1-5H3. The number of nitrogens with one attached hydrogen (secondary N) is 1. The van der Waals surface area contributed by atoms with Crippen molar-refractivity contribution in [3.8, 4) is 17.2 Å². The highest BCUT2D eigenvalue weighted by atomic mass is 35.5. The summed E-state index contributed by atoms with van der Waals surface area (Å²) >= 11 is 6.10. The minimum atomic E-state index is -3.88. The molecule has 0 aromatic heterocycles. The number of hydrogen-bond acceptors (Lipinski definition) is 5. The Hall–Kier alpha value is -2.12. The molecule has 0 aliphatic heterocycles. The molecule has 0 heterocycles. The predicted octanol–water partition coefficient (Wildman–Crippen LogP) is 4.76. The van der Waals surface area contributed by atoms with Gasteiger partial charge >= 0.3 is 0 Å². The van der Waals surface area contributed by atoms with Crippen molar-refractivity contribution in [3.63, 3.8) is 0 Å². The molecule has 6 nitrogen and oxygen atoms in total. The molecule has 0 spiro atoms. The summed E-state index contributed by atoms with van der Waals surface area (Å²) in [6.07, 6.45) is 0.595. The summed E-state index contributed by atoms with van der Waals surface area (Å²) in [5, 5.41) is 0.323. The molecule has 2 rings (SSSR count). The van der Waals surface area contributed by atoms with Crippen LogP contribution in [0.25, 0.3) is 0 Å². The Bertz CT molecular complexity index is 928. The van der Waals surface area contributed by atoms with E-state index in [1.165, 1.54) is 26.4 Å². The number of anilines is 1. The average molecular weight is 428 g/mol. The number of halogens is 1. The molecule has 0 amide bonds. The molecule has 0 atom stereocenters. The number of sulfonamides is 1. The number of benzene rings is 2. The van der Waals surface area contributed by atoms with Crippen LogP contribution in [0.15, 0.2) is 35.2 Å². The van der Waals surface area contributed by atoms with E-state index in [4.69, 9.17) is 25.8 Å². The molecular formula is C20H26ClNO5S. The van der Waals surface area contributed by atoms with Crippen LogP contribution in [-0.4, -0.2) is 29.2 Å². The van der Waals surface area contributed by atoms with Gasteiger partial charge in [0.25, 0.3) is 10.0 Å². The molecule has 0 aliphatic carbocycles. The van der Waals surface area contributed by atoms with Crippen molar-refractivity contribution < 1.29 is 22.6 Å². The normalized spacial score (nSPS) is 11.4. The first-order valence-electron chi connectivity index (χ1n) is 8.91. The molecule has 0 aliphatic rings. The van der Waals surface area contributed by atoms with Gasteiger partial charge in [-0.3, -0.25) is 4.72 Å². The second-order valence-electron chi connectivity index (χ2n) is 6.59. The van der Waals surface area contributed by atoms with Crippen LogP contribution in [0.3, 0.4) is 0 Å². The Morgan fingerprint density at radius 2 is 1.75 bits per heavy atom. The summed E-state index contributed by atoms with van der Waals surface area (Å²) in [7, 11) is -0.977. The summed E-state index contributed by atoms with van der Waals surface area (Å²) in [5.41, 5.74) is 0.932. The van der Waals surface area contributed by atoms with E-state index in [0.717, 1.165) is 0 Å². The SMILES string of the molecule is CCOc1ccc(S(=O)(=O)Nc2cc(OC)c(Cl)cc2OC)c(CC(C)C)c1. The van der Waals surface area contributed by atoms with Crippen molar-refractivity contribution in [3.05, 3.63) is 40.9 Å². The van der Waals surface area contributed by atoms with Gasteiger partial charge in [-0.1, -0.05) is 25.4 Å². The summed E-state index contributed by atoms with van der Waals surface area (Å²) in [4.78, 5) is 0.195. The van der Waals surface area contributed by atoms with E-state index in [1.54, 1.807) is 18.2 Å². The van der Waals surface area contributed by atoms with E-state index in [1.807, 2.05) is 20.8 Å². The Morgan fingerprint density at radius 3 is 2.32 bits per heavy atom. The number of ether oxygens (including phenoxy) is 3. The van der Waals surface area contributed by atoms with Crippen LogP contribution in [0.4, 0.5) is 5.69 Å². The first-order valence-corrected chi connectivity index (χ1v) is 10.8. The maximum atomic E-state index is 13.1. The van der Waals surface area contributed by atoms with Crippen molar-refractivity contribution in [2.45, 2.75) is 32.1 Å². The molecule has 8 heteroatoms. The largest absolute Gasteiger partial charge is 0.495 e. The van der Waals surface area contributed by atoms with Crippen LogP contribution in [0.5, 0.6) is 17.2 Å². The monoisotopic (exact) mass is 427 g/mol. The highest BCUT2D eigenvalue weighted by Gasteiger charge is 2.22. The van der Waals surface area contributed by atoms with Crippen LogP contribution in [0.1, 0.15) is 26.3 Å². The van der Waals surface area contributed by atoms with Crippen LogP contribution in [-0.2, 0) is 16.4 Å². The van der Waals surface area contributed by atoms with Gasteiger partial charge in [-0.25, -0.2) is 8.42 Å². The summed E-state index contributed by atoms with van der Waals surface area (Å²) in [6, 6.07) is 7.99. The van der Waals surface area contributed by atoms with Gasteiger partial charge in [0.15, 0.2) is 0 Å². The molecule has 0 unspecified atom stereocenters. The Kier molecular flexibility index (Phi) is 7.43. The lowest BCUT2D eigenvalue weighted by Gasteiger charge is -2.17. The van der Waals surface area contributed by atoms with Gasteiger partial charge in [0.05, 0.1) is 36.4 Å². The van der Waals surface area contributed by atoms with E-state index < -0.39 is 10.0 Å². The van der Waals surface area contributed by atoms with Crippen molar-refractivity contribution in [2.75, 3.05) is 25.5 Å². The zero-order valence-electron chi connectivity index (χ0n) is 16.7. The third-order valence-corrected chi connectivity index (χ3v) is 5.74. The molecule has 154 valence electrons. The topological polar surface area (TPSA) is 73.9 Å². The van der Waals surface area contributed by atoms with E-state index in [-0.39, 0.29) is 16.5 Å². The number of hydrogen-bond donors (Lipinski definition) is 1. The van der Waals surface area contributed by atoms with Gasteiger partial charge in [0.2, 0.25) is 0 Å². The van der Waals surface area contributed by atoms with Crippen molar-refractivity contribution in [1.82, 2.24) is 0 Å². The molecule has 0 fully saturated rings. The predicted molar refractivity (Wildman–Crippen MR) is 112 cm³/mol. The lowest BCUT2D eigenvalue weighted by molar-refractivity contribution is 0.339. The second kappa shape index (κ2) is 9.39. The zero-order chi connectivity index (χ0) is 20.9. The molecule has 0 bridgehead atoms. The Labute approximate surface area is 171 Å². The second-order valence-corrected chi connectivity index (χ2v) is 8.65. The number of rotatable bonds is 9. The van der Waals surface area contributed by atoms with Gasteiger partial charge in [-0.2, -0.15) is 0 Å². The fourth-order valence-corrected chi connectivity index (χ4v) is 4.34. The third-order valence-electron chi connectivity index (χ3n) is 3.98. The van der Waals surface area contributed by atoms with Crippen LogP contribution in [0, 0.1) is 5.92 Å². The lowest BCUT2D eigenvalue weighted by Crippen LogP contribution is -2.16. The van der Waals surface area contributed by atoms with Crippen LogP contribution < -0.4 is 18.9 Å². The van der Waals surface area contributed by atoms with Gasteiger partial charge in [-0.05, 0) is 43.0 Å². The molecule has 0 saturated carbocycles. The van der Waals surface area contributed by atoms with Gasteiger partial charge in [-0.15, -0.1) is 0 Å². The minimum Gasteiger partial charge on any atom is -0.495 e. The quantitative estimate of drug-likeness (QED) is 0.624. The Morgan fingerprint density at radius 1 is 1.07 bits per heavy atom. The smallest absolute Gasteiger partial charge is 0.262 e. The summed E-state index contributed by atoms with van der Waals surface area (Å²) in [5.74, 6) is 1.55. The molecule has 2 aromatic carbocycles. The van der Waals surface area contributed by atoms with Gasteiger partial charge in [0.1, 0.15) is 17.2 Å². The highest BCUT2D eigenvalue weighted by molar-refractivity contribution is 7.92. The maximum absolute atomic E-state index is 13.1. The molecule has 0 saturated heterocycles. The first kappa shape index (κ1) is 22.2. The fourth-order valence-electron chi connectivity index (χ4n) is 2.81. The van der Waals surface area contributed by atoms with Crippen molar-refractivity contribution >= 4 is 27.3 Å². The molecule has 28 heavy (non-hydrogen) atoms. The van der Waals surface area contributed by atoms with E-state index in [9.17, 15) is 8.42 Å². The number of methoxy groups -OCH3 is 2. The van der Waals surface area contributed by atoms with E-state index in [2.05, 4.69) is 4.72 Å². The fraction of sp³-hybridized carbons (Fsp3) is 0.400. The van der Waals surface area contributed by atoms with Gasteiger partial charge < -0.3 is 14.2 Å². The molecular weight excluding hydrogens is 402 g/mol. The third kappa shape index (κ3) is 5.23. The van der Waals surface area contributed by atoms with E-state index in [0.29, 0.717) is 40.9 Å². The average Bonchev–Trinajstić information content (AvgIpc) is 2.62. The highest BCUT2D eigenvalue weighted by Crippen LogP contribution is 2.37. The van der Waals surface area contributed by atoms with Crippen LogP contribution in [0.2, 0.25) is 5.02 Å². The lowest BCUT2D eigenvalue weighted by atomic mass is 10.0. The summed E-state index contributed by atoms with van der Waals surface area (Å²) in [6.45, 7) is 6.45. The van der Waals surface area contributed by atoms with Crippen LogP contribution >= 0.6 is 11.6 Å². The van der Waals surface area contributed by atoms with E-state index >= 15 is 0 Å².